The second-order valence-corrected chi connectivity index (χ2v) is 5.80. The zero-order valence-corrected chi connectivity index (χ0v) is 16.0. The van der Waals surface area contributed by atoms with Crippen molar-refractivity contribution in [3.63, 3.8) is 0 Å². The molecule has 1 amide bonds. The third-order valence-corrected chi connectivity index (χ3v) is 3.61. The van der Waals surface area contributed by atoms with E-state index in [1.165, 1.54) is 18.3 Å². The van der Waals surface area contributed by atoms with Crippen LogP contribution in [-0.2, 0) is 11.0 Å². The first-order valence-corrected chi connectivity index (χ1v) is 8.96. The monoisotopic (exact) mass is 409 g/mol. The lowest BCUT2D eigenvalue weighted by Crippen LogP contribution is -2.26. The maximum atomic E-state index is 12.7. The highest BCUT2D eigenvalue weighted by Gasteiger charge is 2.30. The molecule has 0 saturated heterocycles. The molecular formula is C20H22F3N3O3. The first-order valence-electron chi connectivity index (χ1n) is 8.96. The molecule has 0 unspecified atom stereocenters. The third kappa shape index (κ3) is 7.02. The van der Waals surface area contributed by atoms with Crippen LogP contribution in [0.25, 0.3) is 0 Å². The van der Waals surface area contributed by atoms with Crippen molar-refractivity contribution in [1.82, 2.24) is 5.43 Å². The van der Waals surface area contributed by atoms with Gasteiger partial charge in [0.25, 0.3) is 5.91 Å². The molecule has 29 heavy (non-hydrogen) atoms. The van der Waals surface area contributed by atoms with Gasteiger partial charge in [0.05, 0.1) is 31.5 Å². The Morgan fingerprint density at radius 1 is 1.07 bits per heavy atom. The molecular weight excluding hydrogens is 387 g/mol. The summed E-state index contributed by atoms with van der Waals surface area (Å²) in [5.74, 6) is 0.672. The Morgan fingerprint density at radius 2 is 1.79 bits per heavy atom. The lowest BCUT2D eigenvalue weighted by Gasteiger charge is -2.11. The van der Waals surface area contributed by atoms with Crippen LogP contribution in [0.1, 0.15) is 25.0 Å². The van der Waals surface area contributed by atoms with Gasteiger partial charge in [0.1, 0.15) is 0 Å². The predicted molar refractivity (Wildman–Crippen MR) is 104 cm³/mol. The zero-order chi connectivity index (χ0) is 21.3. The maximum Gasteiger partial charge on any atom is 0.416 e. The van der Waals surface area contributed by atoms with Gasteiger partial charge in [0, 0.05) is 5.69 Å². The number of nitrogens with one attached hydrogen (secondary N) is 2. The number of carbonyl (C=O) groups is 1. The molecule has 2 aromatic rings. The fourth-order valence-corrected chi connectivity index (χ4v) is 2.35. The van der Waals surface area contributed by atoms with Gasteiger partial charge in [-0.15, -0.1) is 0 Å². The number of alkyl halides is 3. The highest BCUT2D eigenvalue weighted by atomic mass is 19.4. The largest absolute Gasteiger partial charge is 0.490 e. The summed E-state index contributed by atoms with van der Waals surface area (Å²) < 4.78 is 49.1. The fraction of sp³-hybridized carbons (Fsp3) is 0.300. The van der Waals surface area contributed by atoms with E-state index in [1.54, 1.807) is 18.2 Å². The van der Waals surface area contributed by atoms with Gasteiger partial charge >= 0.3 is 6.18 Å². The number of hydrogen-bond donors (Lipinski definition) is 2. The molecule has 0 radical (unpaired) electrons. The predicted octanol–water partition coefficient (Wildman–Crippen LogP) is 4.07. The molecule has 0 heterocycles. The van der Waals surface area contributed by atoms with Crippen molar-refractivity contribution >= 4 is 17.8 Å². The Kier molecular flexibility index (Phi) is 7.88. The van der Waals surface area contributed by atoms with Crippen molar-refractivity contribution in [3.8, 4) is 11.5 Å². The van der Waals surface area contributed by atoms with Gasteiger partial charge in [-0.05, 0) is 55.8 Å². The quantitative estimate of drug-likeness (QED) is 0.484. The molecule has 0 fully saturated rings. The topological polar surface area (TPSA) is 72.0 Å². The lowest BCUT2D eigenvalue weighted by atomic mass is 10.2. The molecule has 0 aromatic heterocycles. The standard InChI is InChI=1S/C20H22F3N3O3/c1-3-28-17-9-8-14(10-18(17)29-4-2)12-25-26-19(27)13-24-16-7-5-6-15(11-16)20(21,22)23/h5-12,24H,3-4,13H2,1-2H3,(H,26,27)/b25-12-. The van der Waals surface area contributed by atoms with E-state index in [-0.39, 0.29) is 12.2 Å². The summed E-state index contributed by atoms with van der Waals surface area (Å²) in [5.41, 5.74) is 2.39. The van der Waals surface area contributed by atoms with Gasteiger partial charge in [-0.1, -0.05) is 6.07 Å². The van der Waals surface area contributed by atoms with Gasteiger partial charge in [-0.25, -0.2) is 5.43 Å². The normalized spacial score (nSPS) is 11.3. The highest BCUT2D eigenvalue weighted by Crippen LogP contribution is 2.30. The molecule has 0 spiro atoms. The summed E-state index contributed by atoms with van der Waals surface area (Å²) in [6.07, 6.45) is -3.01. The van der Waals surface area contributed by atoms with Gasteiger partial charge in [0.2, 0.25) is 0 Å². The molecule has 2 rings (SSSR count). The van der Waals surface area contributed by atoms with E-state index >= 15 is 0 Å². The second kappa shape index (κ2) is 10.4. The average Bonchev–Trinajstić information content (AvgIpc) is 2.68. The Morgan fingerprint density at radius 3 is 2.48 bits per heavy atom. The van der Waals surface area contributed by atoms with E-state index in [4.69, 9.17) is 9.47 Å². The van der Waals surface area contributed by atoms with Gasteiger partial charge < -0.3 is 14.8 Å². The smallest absolute Gasteiger partial charge is 0.416 e. The number of anilines is 1. The molecule has 156 valence electrons. The number of benzene rings is 2. The minimum absolute atomic E-state index is 0.187. The first kappa shape index (κ1) is 22.1. The molecule has 0 aliphatic carbocycles. The maximum absolute atomic E-state index is 12.7. The van der Waals surface area contributed by atoms with Crippen LogP contribution in [0.4, 0.5) is 18.9 Å². The van der Waals surface area contributed by atoms with E-state index in [0.29, 0.717) is 30.3 Å². The second-order valence-electron chi connectivity index (χ2n) is 5.80. The Bertz CT molecular complexity index is 854. The van der Waals surface area contributed by atoms with Crippen LogP contribution in [-0.4, -0.2) is 31.9 Å². The number of halogens is 3. The summed E-state index contributed by atoms with van der Waals surface area (Å²) in [4.78, 5) is 11.8. The number of carbonyl (C=O) groups excluding carboxylic acids is 1. The minimum atomic E-state index is -4.44. The number of hydrazone groups is 1. The van der Waals surface area contributed by atoms with Crippen molar-refractivity contribution in [2.24, 2.45) is 5.10 Å². The van der Waals surface area contributed by atoms with Crippen molar-refractivity contribution in [1.29, 1.82) is 0 Å². The minimum Gasteiger partial charge on any atom is -0.490 e. The summed E-state index contributed by atoms with van der Waals surface area (Å²) >= 11 is 0. The van der Waals surface area contributed by atoms with Crippen molar-refractivity contribution < 1.29 is 27.4 Å². The van der Waals surface area contributed by atoms with Crippen molar-refractivity contribution in [2.75, 3.05) is 25.1 Å². The summed E-state index contributed by atoms with van der Waals surface area (Å²) in [6.45, 7) is 4.47. The van der Waals surface area contributed by atoms with Crippen LogP contribution < -0.4 is 20.2 Å². The van der Waals surface area contributed by atoms with Crippen LogP contribution in [0, 0.1) is 0 Å². The van der Waals surface area contributed by atoms with Crippen LogP contribution in [0.5, 0.6) is 11.5 Å². The molecule has 0 aliphatic rings. The van der Waals surface area contributed by atoms with E-state index in [1.807, 2.05) is 13.8 Å². The summed E-state index contributed by atoms with van der Waals surface area (Å²) in [7, 11) is 0. The van der Waals surface area contributed by atoms with Crippen LogP contribution in [0.15, 0.2) is 47.6 Å². The Labute approximate surface area is 166 Å². The van der Waals surface area contributed by atoms with Gasteiger partial charge in [0.15, 0.2) is 11.5 Å². The van der Waals surface area contributed by atoms with E-state index < -0.39 is 17.6 Å². The lowest BCUT2D eigenvalue weighted by molar-refractivity contribution is -0.137. The molecule has 2 N–H and O–H groups in total. The molecule has 0 aliphatic heterocycles. The van der Waals surface area contributed by atoms with Crippen LogP contribution in [0.3, 0.4) is 0 Å². The van der Waals surface area contributed by atoms with Crippen molar-refractivity contribution in [3.05, 3.63) is 53.6 Å². The molecule has 0 saturated carbocycles. The van der Waals surface area contributed by atoms with Crippen LogP contribution >= 0.6 is 0 Å². The fourth-order valence-electron chi connectivity index (χ4n) is 2.35. The number of hydrogen-bond acceptors (Lipinski definition) is 5. The Balaban J connectivity index is 1.90. The van der Waals surface area contributed by atoms with Crippen LogP contribution in [0.2, 0.25) is 0 Å². The number of ether oxygens (including phenoxy) is 2. The van der Waals surface area contributed by atoms with Crippen molar-refractivity contribution in [2.45, 2.75) is 20.0 Å². The first-order chi connectivity index (χ1) is 13.8. The summed E-state index contributed by atoms with van der Waals surface area (Å²) in [5, 5.41) is 6.48. The molecule has 0 atom stereocenters. The average molecular weight is 409 g/mol. The SMILES string of the molecule is CCOc1ccc(/C=N\NC(=O)CNc2cccc(C(F)(F)F)c2)cc1OCC. The van der Waals surface area contributed by atoms with E-state index in [9.17, 15) is 18.0 Å². The number of rotatable bonds is 9. The molecule has 2 aromatic carbocycles. The number of nitrogens with zero attached hydrogens (tertiary/aromatic N) is 1. The van der Waals surface area contributed by atoms with Gasteiger partial charge in [-0.2, -0.15) is 18.3 Å². The summed E-state index contributed by atoms with van der Waals surface area (Å²) in [6, 6.07) is 9.83. The zero-order valence-electron chi connectivity index (χ0n) is 16.0. The highest BCUT2D eigenvalue weighted by molar-refractivity contribution is 5.84. The Hall–Kier alpha value is -3.23. The molecule has 6 nitrogen and oxygen atoms in total. The molecule has 9 heteroatoms. The van der Waals surface area contributed by atoms with Gasteiger partial charge in [-0.3, -0.25) is 4.79 Å². The van der Waals surface area contributed by atoms with E-state index in [0.717, 1.165) is 12.1 Å². The molecule has 0 bridgehead atoms. The number of amides is 1. The third-order valence-electron chi connectivity index (χ3n) is 3.61. The van der Waals surface area contributed by atoms with E-state index in [2.05, 4.69) is 15.8 Å².